The lowest BCUT2D eigenvalue weighted by atomic mass is 10.3. The molecule has 20 heavy (non-hydrogen) atoms. The van der Waals surface area contributed by atoms with Crippen molar-refractivity contribution in [3.8, 4) is 0 Å². The summed E-state index contributed by atoms with van der Waals surface area (Å²) in [5, 5.41) is 0. The van der Waals surface area contributed by atoms with E-state index in [0.29, 0.717) is 11.4 Å². The highest BCUT2D eigenvalue weighted by molar-refractivity contribution is 5.93. The molecule has 1 amide bonds. The second-order valence-electron chi connectivity index (χ2n) is 5.45. The highest BCUT2D eigenvalue weighted by atomic mass is 16.2. The minimum absolute atomic E-state index is 0.0823. The maximum Gasteiger partial charge on any atom is 0.270 e. The summed E-state index contributed by atoms with van der Waals surface area (Å²) in [6.07, 6.45) is 3.80. The quantitative estimate of drug-likeness (QED) is 0.791. The van der Waals surface area contributed by atoms with Crippen LogP contribution in [0.15, 0.2) is 12.3 Å². The maximum atomic E-state index is 12.7. The van der Waals surface area contributed by atoms with Gasteiger partial charge in [0.05, 0.1) is 5.69 Å². The highest BCUT2D eigenvalue weighted by Gasteiger charge is 2.19. The Hall–Kier alpha value is -1.49. The number of amides is 1. The first-order valence-electron chi connectivity index (χ1n) is 7.39. The molecule has 0 fully saturated rings. The molecule has 0 atom stereocenters. The van der Waals surface area contributed by atoms with Gasteiger partial charge >= 0.3 is 0 Å². The van der Waals surface area contributed by atoms with E-state index in [0.717, 1.165) is 39.0 Å². The number of carbonyl (C=O) groups excluding carboxylic acids is 1. The monoisotopic (exact) mass is 280 g/mol. The number of nitrogen functional groups attached to an aromatic ring is 1. The van der Waals surface area contributed by atoms with Gasteiger partial charge in [0.2, 0.25) is 0 Å². The molecule has 1 aromatic heterocycles. The minimum Gasteiger partial charge on any atom is -0.397 e. The SMILES string of the molecule is CCCN(CCN(C)C)C(=O)c1cc(N)cn1CCC. The Labute approximate surface area is 122 Å². The van der Waals surface area contributed by atoms with Crippen molar-refractivity contribution >= 4 is 11.6 Å². The molecule has 0 aliphatic rings. The second kappa shape index (κ2) is 7.94. The van der Waals surface area contributed by atoms with Crippen LogP contribution in [0.25, 0.3) is 0 Å². The van der Waals surface area contributed by atoms with Crippen molar-refractivity contribution in [2.45, 2.75) is 33.2 Å². The molecule has 0 aliphatic heterocycles. The topological polar surface area (TPSA) is 54.5 Å². The van der Waals surface area contributed by atoms with Crippen LogP contribution in [0.1, 0.15) is 37.2 Å². The van der Waals surface area contributed by atoms with Gasteiger partial charge < -0.3 is 20.1 Å². The summed E-state index contributed by atoms with van der Waals surface area (Å²) < 4.78 is 1.97. The van der Waals surface area contributed by atoms with Crippen molar-refractivity contribution in [3.05, 3.63) is 18.0 Å². The third-order valence-corrected chi connectivity index (χ3v) is 3.20. The number of rotatable bonds is 8. The number of nitrogens with zero attached hydrogens (tertiary/aromatic N) is 3. The lowest BCUT2D eigenvalue weighted by molar-refractivity contribution is 0.0734. The third-order valence-electron chi connectivity index (χ3n) is 3.20. The van der Waals surface area contributed by atoms with Gasteiger partial charge in [-0.25, -0.2) is 0 Å². The van der Waals surface area contributed by atoms with Crippen molar-refractivity contribution < 1.29 is 4.79 Å². The Morgan fingerprint density at radius 1 is 1.20 bits per heavy atom. The summed E-state index contributed by atoms with van der Waals surface area (Å²) in [6, 6.07) is 1.79. The fraction of sp³-hybridized carbons (Fsp3) is 0.667. The summed E-state index contributed by atoms with van der Waals surface area (Å²) in [5.74, 6) is 0.0823. The van der Waals surface area contributed by atoms with Gasteiger partial charge in [-0.1, -0.05) is 13.8 Å². The minimum atomic E-state index is 0.0823. The van der Waals surface area contributed by atoms with Gasteiger partial charge in [-0.15, -0.1) is 0 Å². The van der Waals surface area contributed by atoms with E-state index in [-0.39, 0.29) is 5.91 Å². The average Bonchev–Trinajstić information content (AvgIpc) is 2.75. The zero-order valence-corrected chi connectivity index (χ0v) is 13.2. The molecule has 1 rings (SSSR count). The van der Waals surface area contributed by atoms with E-state index in [1.807, 2.05) is 29.8 Å². The molecule has 5 heteroatoms. The Bertz CT molecular complexity index is 426. The molecule has 0 aromatic carbocycles. The van der Waals surface area contributed by atoms with Gasteiger partial charge in [0, 0.05) is 32.4 Å². The molecule has 0 bridgehead atoms. The number of hydrogen-bond donors (Lipinski definition) is 1. The Kier molecular flexibility index (Phi) is 6.58. The molecule has 0 saturated carbocycles. The average molecular weight is 280 g/mol. The van der Waals surface area contributed by atoms with E-state index < -0.39 is 0 Å². The molecule has 1 heterocycles. The largest absolute Gasteiger partial charge is 0.397 e. The standard InChI is InChI=1S/C15H28N4O/c1-5-7-18(10-9-17(3)4)15(20)14-11-13(16)12-19(14)8-6-2/h11-12H,5-10,16H2,1-4H3. The molecular weight excluding hydrogens is 252 g/mol. The van der Waals surface area contributed by atoms with Crippen molar-refractivity contribution in [3.63, 3.8) is 0 Å². The number of likely N-dealkylation sites (N-methyl/N-ethyl adjacent to an activating group) is 1. The number of nitrogens with two attached hydrogens (primary N) is 1. The number of anilines is 1. The van der Waals surface area contributed by atoms with E-state index >= 15 is 0 Å². The Morgan fingerprint density at radius 2 is 1.90 bits per heavy atom. The number of aryl methyl sites for hydroxylation is 1. The molecule has 114 valence electrons. The number of carbonyl (C=O) groups is 1. The highest BCUT2D eigenvalue weighted by Crippen LogP contribution is 2.14. The molecule has 0 spiro atoms. The van der Waals surface area contributed by atoms with E-state index in [1.165, 1.54) is 0 Å². The van der Waals surface area contributed by atoms with E-state index in [9.17, 15) is 4.79 Å². The lowest BCUT2D eigenvalue weighted by Gasteiger charge is -2.24. The first-order valence-corrected chi connectivity index (χ1v) is 7.39. The smallest absolute Gasteiger partial charge is 0.270 e. The van der Waals surface area contributed by atoms with Crippen LogP contribution in [0.2, 0.25) is 0 Å². The molecule has 1 aromatic rings. The zero-order valence-electron chi connectivity index (χ0n) is 13.2. The summed E-state index contributed by atoms with van der Waals surface area (Å²) in [4.78, 5) is 16.7. The van der Waals surface area contributed by atoms with Crippen molar-refractivity contribution in [2.75, 3.05) is 39.5 Å². The fourth-order valence-corrected chi connectivity index (χ4v) is 2.21. The maximum absolute atomic E-state index is 12.7. The van der Waals surface area contributed by atoms with Crippen LogP contribution in [0.3, 0.4) is 0 Å². The van der Waals surface area contributed by atoms with Crippen LogP contribution >= 0.6 is 0 Å². The number of hydrogen-bond acceptors (Lipinski definition) is 3. The van der Waals surface area contributed by atoms with Crippen molar-refractivity contribution in [1.82, 2.24) is 14.4 Å². The molecule has 2 N–H and O–H groups in total. The number of aromatic nitrogens is 1. The van der Waals surface area contributed by atoms with E-state index in [4.69, 9.17) is 5.73 Å². The summed E-state index contributed by atoms with van der Waals surface area (Å²) in [5.41, 5.74) is 7.21. The molecule has 0 radical (unpaired) electrons. The van der Waals surface area contributed by atoms with Crippen LogP contribution in [0, 0.1) is 0 Å². The predicted molar refractivity (Wildman–Crippen MR) is 83.9 cm³/mol. The molecule has 0 unspecified atom stereocenters. The molecule has 5 nitrogen and oxygen atoms in total. The molecule has 0 saturated heterocycles. The van der Waals surface area contributed by atoms with Crippen molar-refractivity contribution in [2.24, 2.45) is 0 Å². The van der Waals surface area contributed by atoms with Crippen molar-refractivity contribution in [1.29, 1.82) is 0 Å². The Balaban J connectivity index is 2.87. The van der Waals surface area contributed by atoms with E-state index in [1.54, 1.807) is 6.07 Å². The first kappa shape index (κ1) is 16.6. The van der Waals surface area contributed by atoms with Gasteiger partial charge in [-0.2, -0.15) is 0 Å². The van der Waals surface area contributed by atoms with Crippen LogP contribution in [0.4, 0.5) is 5.69 Å². The van der Waals surface area contributed by atoms with Crippen LogP contribution in [-0.2, 0) is 6.54 Å². The molecule has 0 aliphatic carbocycles. The van der Waals surface area contributed by atoms with Gasteiger partial charge in [-0.3, -0.25) is 4.79 Å². The van der Waals surface area contributed by atoms with Gasteiger partial charge in [0.15, 0.2) is 0 Å². The van der Waals surface area contributed by atoms with Gasteiger partial charge in [0.25, 0.3) is 5.91 Å². The first-order chi connectivity index (χ1) is 9.49. The van der Waals surface area contributed by atoms with Gasteiger partial charge in [0.1, 0.15) is 5.69 Å². The fourth-order valence-electron chi connectivity index (χ4n) is 2.21. The van der Waals surface area contributed by atoms with Crippen LogP contribution in [0.5, 0.6) is 0 Å². The van der Waals surface area contributed by atoms with Gasteiger partial charge in [-0.05, 0) is 33.0 Å². The zero-order chi connectivity index (χ0) is 15.1. The van der Waals surface area contributed by atoms with Crippen LogP contribution < -0.4 is 5.73 Å². The van der Waals surface area contributed by atoms with Crippen LogP contribution in [-0.4, -0.2) is 54.0 Å². The predicted octanol–water partition coefficient (Wildman–Crippen LogP) is 1.89. The second-order valence-corrected chi connectivity index (χ2v) is 5.45. The summed E-state index contributed by atoms with van der Waals surface area (Å²) in [6.45, 7) is 7.41. The summed E-state index contributed by atoms with van der Waals surface area (Å²) in [7, 11) is 4.04. The summed E-state index contributed by atoms with van der Waals surface area (Å²) >= 11 is 0. The normalized spacial score (nSPS) is 11.1. The molecular formula is C15H28N4O. The van der Waals surface area contributed by atoms with E-state index in [2.05, 4.69) is 18.7 Å². The lowest BCUT2D eigenvalue weighted by Crippen LogP contribution is -2.38. The Morgan fingerprint density at radius 3 is 2.45 bits per heavy atom. The third kappa shape index (κ3) is 4.56.